The maximum Gasteiger partial charge on any atom is 0.310 e. The monoisotopic (exact) mass is 281 g/mol. The van der Waals surface area contributed by atoms with Crippen molar-refractivity contribution in [3.05, 3.63) is 34.3 Å². The third-order valence-corrected chi connectivity index (χ3v) is 3.68. The van der Waals surface area contributed by atoms with Gasteiger partial charge in [0.05, 0.1) is 13.0 Å². The molecule has 19 heavy (non-hydrogen) atoms. The third-order valence-electron chi connectivity index (χ3n) is 3.44. The lowest BCUT2D eigenvalue weighted by Crippen LogP contribution is -2.30. The smallest absolute Gasteiger partial charge is 0.310 e. The van der Waals surface area contributed by atoms with E-state index in [1.807, 2.05) is 13.0 Å². The summed E-state index contributed by atoms with van der Waals surface area (Å²) >= 11 is 5.92. The first-order valence-corrected chi connectivity index (χ1v) is 6.54. The van der Waals surface area contributed by atoms with Crippen molar-refractivity contribution in [2.45, 2.75) is 13.3 Å². The molecule has 0 radical (unpaired) electrons. The Morgan fingerprint density at radius 2 is 2.16 bits per heavy atom. The summed E-state index contributed by atoms with van der Waals surface area (Å²) in [7, 11) is 1.37. The van der Waals surface area contributed by atoms with Crippen LogP contribution in [0.3, 0.4) is 0 Å². The highest BCUT2D eigenvalue weighted by atomic mass is 35.5. The van der Waals surface area contributed by atoms with Crippen LogP contribution in [0, 0.1) is 12.8 Å². The largest absolute Gasteiger partial charge is 0.469 e. The minimum atomic E-state index is -0.252. The fraction of sp³-hybridized carbons (Fsp3) is 0.429. The van der Waals surface area contributed by atoms with Gasteiger partial charge in [-0.1, -0.05) is 17.7 Å². The summed E-state index contributed by atoms with van der Waals surface area (Å²) in [5.74, 6) is -0.544. The number of nitrogens with zero attached hydrogens (tertiary/aromatic N) is 1. The van der Waals surface area contributed by atoms with Crippen LogP contribution < -0.4 is 0 Å². The van der Waals surface area contributed by atoms with Gasteiger partial charge in [0.15, 0.2) is 0 Å². The quantitative estimate of drug-likeness (QED) is 0.782. The first-order valence-electron chi connectivity index (χ1n) is 6.16. The van der Waals surface area contributed by atoms with Crippen LogP contribution in [0.5, 0.6) is 0 Å². The number of carbonyl (C=O) groups excluding carboxylic acids is 2. The van der Waals surface area contributed by atoms with Crippen molar-refractivity contribution in [1.29, 1.82) is 0 Å². The number of methoxy groups -OCH3 is 1. The van der Waals surface area contributed by atoms with Crippen LogP contribution in [-0.4, -0.2) is 37.0 Å². The fourth-order valence-corrected chi connectivity index (χ4v) is 2.47. The molecule has 1 amide bonds. The molecule has 1 aromatic rings. The van der Waals surface area contributed by atoms with E-state index in [9.17, 15) is 9.59 Å². The van der Waals surface area contributed by atoms with E-state index in [-0.39, 0.29) is 17.8 Å². The van der Waals surface area contributed by atoms with Crippen molar-refractivity contribution in [3.8, 4) is 0 Å². The van der Waals surface area contributed by atoms with Crippen molar-refractivity contribution < 1.29 is 14.3 Å². The van der Waals surface area contributed by atoms with Crippen LogP contribution in [-0.2, 0) is 9.53 Å². The number of likely N-dealkylation sites (tertiary alicyclic amines) is 1. The van der Waals surface area contributed by atoms with Gasteiger partial charge in [-0.3, -0.25) is 9.59 Å². The lowest BCUT2D eigenvalue weighted by Gasteiger charge is -2.17. The Hall–Kier alpha value is -1.55. The van der Waals surface area contributed by atoms with Gasteiger partial charge in [-0.2, -0.15) is 0 Å². The molecule has 1 aromatic carbocycles. The number of esters is 1. The number of rotatable bonds is 2. The predicted octanol–water partition coefficient (Wildman–Crippen LogP) is 2.28. The molecule has 1 unspecified atom stereocenters. The molecule has 0 aliphatic carbocycles. The Morgan fingerprint density at radius 1 is 1.42 bits per heavy atom. The average molecular weight is 282 g/mol. The fourth-order valence-electron chi connectivity index (χ4n) is 2.30. The minimum absolute atomic E-state index is 0.0774. The molecule has 0 aromatic heterocycles. The lowest BCUT2D eigenvalue weighted by molar-refractivity contribution is -0.144. The zero-order valence-corrected chi connectivity index (χ0v) is 11.7. The Morgan fingerprint density at radius 3 is 2.84 bits per heavy atom. The average Bonchev–Trinajstić information content (AvgIpc) is 2.89. The van der Waals surface area contributed by atoms with E-state index in [1.54, 1.807) is 17.0 Å². The Kier molecular flexibility index (Phi) is 4.10. The molecule has 2 rings (SSSR count). The number of hydrogen-bond donors (Lipinski definition) is 0. The topological polar surface area (TPSA) is 46.6 Å². The molecule has 102 valence electrons. The molecule has 1 aliphatic heterocycles. The molecule has 0 bridgehead atoms. The second kappa shape index (κ2) is 5.61. The van der Waals surface area contributed by atoms with Crippen molar-refractivity contribution in [3.63, 3.8) is 0 Å². The summed E-state index contributed by atoms with van der Waals surface area (Å²) in [6, 6.07) is 5.25. The second-order valence-electron chi connectivity index (χ2n) is 4.72. The summed E-state index contributed by atoms with van der Waals surface area (Å²) in [5, 5.41) is 0.540. The minimum Gasteiger partial charge on any atom is -0.469 e. The van der Waals surface area contributed by atoms with Crippen LogP contribution in [0.4, 0.5) is 0 Å². The standard InChI is InChI=1S/C14H16ClNO3/c1-9-3-4-11(15)7-12(9)13(17)16-6-5-10(8-16)14(18)19-2/h3-4,7,10H,5-6,8H2,1-2H3. The first-order chi connectivity index (χ1) is 9.02. The summed E-state index contributed by atoms with van der Waals surface area (Å²) in [4.78, 5) is 25.5. The summed E-state index contributed by atoms with van der Waals surface area (Å²) in [6.45, 7) is 2.86. The van der Waals surface area contributed by atoms with Gasteiger partial charge in [0.1, 0.15) is 0 Å². The van der Waals surface area contributed by atoms with Crippen LogP contribution >= 0.6 is 11.6 Å². The summed E-state index contributed by atoms with van der Waals surface area (Å²) in [5.41, 5.74) is 1.48. The van der Waals surface area contributed by atoms with E-state index in [0.717, 1.165) is 5.56 Å². The highest BCUT2D eigenvalue weighted by Gasteiger charge is 2.32. The van der Waals surface area contributed by atoms with Gasteiger partial charge in [0.2, 0.25) is 0 Å². The van der Waals surface area contributed by atoms with Crippen molar-refractivity contribution in [1.82, 2.24) is 4.90 Å². The Labute approximate surface area is 117 Å². The van der Waals surface area contributed by atoms with Crippen LogP contribution in [0.2, 0.25) is 5.02 Å². The Bertz CT molecular complexity index is 515. The second-order valence-corrected chi connectivity index (χ2v) is 5.16. The molecule has 1 fully saturated rings. The van der Waals surface area contributed by atoms with Crippen molar-refractivity contribution in [2.75, 3.05) is 20.2 Å². The molecule has 4 nitrogen and oxygen atoms in total. The number of amides is 1. The van der Waals surface area contributed by atoms with Gasteiger partial charge in [-0.05, 0) is 31.0 Å². The number of benzene rings is 1. The summed E-state index contributed by atoms with van der Waals surface area (Å²) in [6.07, 6.45) is 0.651. The van der Waals surface area contributed by atoms with E-state index in [0.29, 0.717) is 30.1 Å². The third kappa shape index (κ3) is 2.89. The van der Waals surface area contributed by atoms with E-state index < -0.39 is 0 Å². The van der Waals surface area contributed by atoms with Gasteiger partial charge >= 0.3 is 5.97 Å². The van der Waals surface area contributed by atoms with Gasteiger partial charge in [-0.15, -0.1) is 0 Å². The molecule has 0 spiro atoms. The number of carbonyl (C=O) groups is 2. The van der Waals surface area contributed by atoms with Gasteiger partial charge in [0, 0.05) is 23.7 Å². The first kappa shape index (κ1) is 13.9. The lowest BCUT2D eigenvalue weighted by atomic mass is 10.1. The van der Waals surface area contributed by atoms with Crippen molar-refractivity contribution >= 4 is 23.5 Å². The molecule has 0 N–H and O–H groups in total. The highest BCUT2D eigenvalue weighted by molar-refractivity contribution is 6.31. The van der Waals surface area contributed by atoms with Crippen LogP contribution in [0.1, 0.15) is 22.3 Å². The maximum atomic E-state index is 12.4. The van der Waals surface area contributed by atoms with Crippen LogP contribution in [0.25, 0.3) is 0 Å². The van der Waals surface area contributed by atoms with Crippen LogP contribution in [0.15, 0.2) is 18.2 Å². The number of aryl methyl sites for hydroxylation is 1. The molecule has 1 heterocycles. The molecular weight excluding hydrogens is 266 g/mol. The molecular formula is C14H16ClNO3. The van der Waals surface area contributed by atoms with Gasteiger partial charge in [-0.25, -0.2) is 0 Å². The molecule has 0 saturated carbocycles. The highest BCUT2D eigenvalue weighted by Crippen LogP contribution is 2.22. The normalized spacial score (nSPS) is 18.5. The van der Waals surface area contributed by atoms with E-state index in [2.05, 4.69) is 0 Å². The molecule has 1 saturated heterocycles. The molecule has 1 atom stereocenters. The number of ether oxygens (including phenoxy) is 1. The molecule has 5 heteroatoms. The SMILES string of the molecule is COC(=O)C1CCN(C(=O)c2cc(Cl)ccc2C)C1. The molecule has 1 aliphatic rings. The van der Waals surface area contributed by atoms with Gasteiger partial charge < -0.3 is 9.64 Å². The van der Waals surface area contributed by atoms with Gasteiger partial charge in [0.25, 0.3) is 5.91 Å². The zero-order chi connectivity index (χ0) is 14.0. The Balaban J connectivity index is 2.13. The van der Waals surface area contributed by atoms with E-state index in [4.69, 9.17) is 16.3 Å². The van der Waals surface area contributed by atoms with E-state index >= 15 is 0 Å². The zero-order valence-electron chi connectivity index (χ0n) is 11.0. The number of halogens is 1. The van der Waals surface area contributed by atoms with Crippen molar-refractivity contribution in [2.24, 2.45) is 5.92 Å². The maximum absolute atomic E-state index is 12.4. The number of hydrogen-bond acceptors (Lipinski definition) is 3. The predicted molar refractivity (Wildman–Crippen MR) is 72.2 cm³/mol. The summed E-state index contributed by atoms with van der Waals surface area (Å²) < 4.78 is 4.71. The van der Waals surface area contributed by atoms with E-state index in [1.165, 1.54) is 7.11 Å².